The van der Waals surface area contributed by atoms with Crippen LogP contribution >= 0.6 is 15.9 Å². The first-order valence-corrected chi connectivity index (χ1v) is 7.80. The molecule has 0 bridgehead atoms. The Kier molecular flexibility index (Phi) is 5.67. The Morgan fingerprint density at radius 1 is 1.47 bits per heavy atom. The molecule has 1 aromatic rings. The second-order valence-corrected chi connectivity index (χ2v) is 5.92. The predicted molar refractivity (Wildman–Crippen MR) is 82.7 cm³/mol. The number of rotatable bonds is 5. The van der Waals surface area contributed by atoms with E-state index in [4.69, 9.17) is 4.74 Å². The van der Waals surface area contributed by atoms with Crippen molar-refractivity contribution >= 4 is 15.9 Å². The lowest BCUT2D eigenvalue weighted by atomic mass is 10.1. The highest BCUT2D eigenvalue weighted by Crippen LogP contribution is 2.22. The third kappa shape index (κ3) is 4.20. The molecule has 1 aliphatic heterocycles. The van der Waals surface area contributed by atoms with Gasteiger partial charge in [0.25, 0.3) is 0 Å². The van der Waals surface area contributed by atoms with Crippen LogP contribution in [0.4, 0.5) is 0 Å². The van der Waals surface area contributed by atoms with E-state index < -0.39 is 0 Å². The van der Waals surface area contributed by atoms with Crippen molar-refractivity contribution in [3.05, 3.63) is 28.2 Å². The van der Waals surface area contributed by atoms with E-state index in [9.17, 15) is 0 Å². The van der Waals surface area contributed by atoms with E-state index >= 15 is 0 Å². The average molecular weight is 327 g/mol. The van der Waals surface area contributed by atoms with Crippen LogP contribution < -0.4 is 10.1 Å². The number of hydrogen-bond donors (Lipinski definition) is 1. The van der Waals surface area contributed by atoms with E-state index in [0.29, 0.717) is 6.04 Å². The molecule has 0 radical (unpaired) electrons. The number of halogens is 1. The van der Waals surface area contributed by atoms with Crippen molar-refractivity contribution in [3.8, 4) is 5.75 Å². The van der Waals surface area contributed by atoms with Crippen LogP contribution in [0.25, 0.3) is 0 Å². The zero-order chi connectivity index (χ0) is 13.7. The summed E-state index contributed by atoms with van der Waals surface area (Å²) in [6, 6.07) is 6.73. The lowest BCUT2D eigenvalue weighted by molar-refractivity contribution is 0.198. The topological polar surface area (TPSA) is 24.5 Å². The van der Waals surface area contributed by atoms with Crippen molar-refractivity contribution in [2.24, 2.45) is 0 Å². The monoisotopic (exact) mass is 326 g/mol. The van der Waals surface area contributed by atoms with Gasteiger partial charge in [0.05, 0.1) is 7.11 Å². The molecular formula is C15H23BrN2O. The number of piperidine rings is 1. The fourth-order valence-electron chi connectivity index (χ4n) is 2.58. The van der Waals surface area contributed by atoms with Crippen molar-refractivity contribution in [2.45, 2.75) is 32.4 Å². The van der Waals surface area contributed by atoms with E-state index in [-0.39, 0.29) is 0 Å². The smallest absolute Gasteiger partial charge is 0.119 e. The minimum absolute atomic E-state index is 0.604. The second kappa shape index (κ2) is 7.27. The average Bonchev–Trinajstić information content (AvgIpc) is 2.46. The molecule has 0 amide bonds. The van der Waals surface area contributed by atoms with Gasteiger partial charge in [0.2, 0.25) is 0 Å². The first-order chi connectivity index (χ1) is 9.22. The van der Waals surface area contributed by atoms with E-state index in [1.54, 1.807) is 7.11 Å². The number of likely N-dealkylation sites (tertiary alicyclic amines) is 1. The van der Waals surface area contributed by atoms with Crippen LogP contribution in [-0.2, 0) is 6.54 Å². The summed E-state index contributed by atoms with van der Waals surface area (Å²) in [4.78, 5) is 2.52. The molecule has 2 rings (SSSR count). The number of hydrogen-bond acceptors (Lipinski definition) is 3. The summed E-state index contributed by atoms with van der Waals surface area (Å²) in [5, 5.41) is 3.67. The van der Waals surface area contributed by atoms with E-state index in [2.05, 4.69) is 45.2 Å². The molecule has 1 heterocycles. The van der Waals surface area contributed by atoms with Gasteiger partial charge < -0.3 is 15.0 Å². The van der Waals surface area contributed by atoms with Crippen LogP contribution in [0.15, 0.2) is 22.7 Å². The molecule has 1 fully saturated rings. The molecule has 1 unspecified atom stereocenters. The first-order valence-electron chi connectivity index (χ1n) is 7.01. The number of likely N-dealkylation sites (N-methyl/N-ethyl adjacent to an activating group) is 1. The summed E-state index contributed by atoms with van der Waals surface area (Å²) in [7, 11) is 1.71. The molecule has 1 aliphatic rings. The maximum Gasteiger partial charge on any atom is 0.119 e. The summed E-state index contributed by atoms with van der Waals surface area (Å²) >= 11 is 3.60. The summed E-state index contributed by atoms with van der Waals surface area (Å²) in [6.45, 7) is 6.69. The lowest BCUT2D eigenvalue weighted by Crippen LogP contribution is -2.45. The van der Waals surface area contributed by atoms with Crippen molar-refractivity contribution in [1.29, 1.82) is 0 Å². The molecule has 4 heteroatoms. The van der Waals surface area contributed by atoms with Crippen LogP contribution in [0.2, 0.25) is 0 Å². The maximum atomic E-state index is 5.28. The van der Waals surface area contributed by atoms with Gasteiger partial charge in [0.15, 0.2) is 0 Å². The Labute approximate surface area is 124 Å². The molecule has 0 aromatic heterocycles. The molecule has 1 atom stereocenters. The zero-order valence-electron chi connectivity index (χ0n) is 11.8. The van der Waals surface area contributed by atoms with Crippen LogP contribution in [-0.4, -0.2) is 37.7 Å². The van der Waals surface area contributed by atoms with E-state index in [1.807, 2.05) is 6.07 Å². The Hall–Kier alpha value is -0.580. The van der Waals surface area contributed by atoms with Crippen molar-refractivity contribution in [3.63, 3.8) is 0 Å². The van der Waals surface area contributed by atoms with Gasteiger partial charge in [-0.1, -0.05) is 22.9 Å². The van der Waals surface area contributed by atoms with Gasteiger partial charge >= 0.3 is 0 Å². The van der Waals surface area contributed by atoms with Crippen LogP contribution in [0.3, 0.4) is 0 Å². The Bertz CT molecular complexity index is 411. The predicted octanol–water partition coefficient (Wildman–Crippen LogP) is 3.03. The van der Waals surface area contributed by atoms with Crippen LogP contribution in [0.5, 0.6) is 5.75 Å². The lowest BCUT2D eigenvalue weighted by Gasteiger charge is -2.32. The maximum absolute atomic E-state index is 5.28. The highest BCUT2D eigenvalue weighted by Gasteiger charge is 2.18. The third-order valence-electron chi connectivity index (χ3n) is 3.79. The molecule has 19 heavy (non-hydrogen) atoms. The molecule has 1 saturated heterocycles. The van der Waals surface area contributed by atoms with Crippen LogP contribution in [0, 0.1) is 0 Å². The molecule has 0 spiro atoms. The fourth-order valence-corrected chi connectivity index (χ4v) is 2.96. The fraction of sp³-hybridized carbons (Fsp3) is 0.600. The van der Waals surface area contributed by atoms with E-state index in [1.165, 1.54) is 24.9 Å². The van der Waals surface area contributed by atoms with Gasteiger partial charge in [-0.25, -0.2) is 0 Å². The summed E-state index contributed by atoms with van der Waals surface area (Å²) in [5.74, 6) is 0.916. The number of nitrogens with one attached hydrogen (secondary N) is 1. The Morgan fingerprint density at radius 3 is 3.05 bits per heavy atom. The molecule has 0 aliphatic carbocycles. The number of methoxy groups -OCH3 is 1. The van der Waals surface area contributed by atoms with Gasteiger partial charge in [-0.15, -0.1) is 0 Å². The molecular weight excluding hydrogens is 304 g/mol. The van der Waals surface area contributed by atoms with Gasteiger partial charge in [0.1, 0.15) is 5.75 Å². The SMILES string of the molecule is CCN1CCCC(NCc2cc(OC)ccc2Br)C1. The van der Waals surface area contributed by atoms with Gasteiger partial charge in [0, 0.05) is 23.6 Å². The molecule has 3 nitrogen and oxygen atoms in total. The van der Waals surface area contributed by atoms with E-state index in [0.717, 1.165) is 29.9 Å². The number of ether oxygens (including phenoxy) is 1. The van der Waals surface area contributed by atoms with Crippen molar-refractivity contribution in [2.75, 3.05) is 26.7 Å². The van der Waals surface area contributed by atoms with Crippen LogP contribution in [0.1, 0.15) is 25.3 Å². The summed E-state index contributed by atoms with van der Waals surface area (Å²) in [6.07, 6.45) is 2.57. The molecule has 1 N–H and O–H groups in total. The normalized spacial score (nSPS) is 20.5. The second-order valence-electron chi connectivity index (χ2n) is 5.07. The van der Waals surface area contributed by atoms with Crippen molar-refractivity contribution in [1.82, 2.24) is 10.2 Å². The van der Waals surface area contributed by atoms with Gasteiger partial charge in [-0.2, -0.15) is 0 Å². The quantitative estimate of drug-likeness (QED) is 0.900. The minimum Gasteiger partial charge on any atom is -0.497 e. The molecule has 106 valence electrons. The molecule has 1 aromatic carbocycles. The van der Waals surface area contributed by atoms with Crippen molar-refractivity contribution < 1.29 is 4.74 Å². The number of benzene rings is 1. The zero-order valence-corrected chi connectivity index (χ0v) is 13.4. The minimum atomic E-state index is 0.604. The Balaban J connectivity index is 1.91. The largest absolute Gasteiger partial charge is 0.497 e. The summed E-state index contributed by atoms with van der Waals surface area (Å²) in [5.41, 5.74) is 1.26. The molecule has 0 saturated carbocycles. The highest BCUT2D eigenvalue weighted by molar-refractivity contribution is 9.10. The highest BCUT2D eigenvalue weighted by atomic mass is 79.9. The van der Waals surface area contributed by atoms with Gasteiger partial charge in [-0.05, 0) is 49.7 Å². The number of nitrogens with zero attached hydrogens (tertiary/aromatic N) is 1. The third-order valence-corrected chi connectivity index (χ3v) is 4.56. The standard InChI is InChI=1S/C15H23BrN2O/c1-3-18-8-4-5-13(11-18)17-10-12-9-14(19-2)6-7-15(12)16/h6-7,9,13,17H,3-5,8,10-11H2,1-2H3. The summed E-state index contributed by atoms with van der Waals surface area (Å²) < 4.78 is 6.42. The Morgan fingerprint density at radius 2 is 2.32 bits per heavy atom. The van der Waals surface area contributed by atoms with Gasteiger partial charge in [-0.3, -0.25) is 0 Å². The first kappa shape index (κ1) is 14.8.